The zero-order valence-electron chi connectivity index (χ0n) is 15.3. The Kier molecular flexibility index (Phi) is 5.38. The fourth-order valence-corrected chi connectivity index (χ4v) is 3.54. The molecule has 0 saturated carbocycles. The van der Waals surface area contributed by atoms with E-state index in [1.807, 2.05) is 67.6 Å². The van der Waals surface area contributed by atoms with E-state index in [2.05, 4.69) is 20.8 Å². The summed E-state index contributed by atoms with van der Waals surface area (Å²) in [5, 5.41) is 16.3. The maximum atomic E-state index is 12.4. The number of hydrogen-bond donors (Lipinski definition) is 1. The number of benzene rings is 2. The molecule has 142 valence electrons. The van der Waals surface area contributed by atoms with Crippen LogP contribution in [0.5, 0.6) is 0 Å². The van der Waals surface area contributed by atoms with Crippen LogP contribution in [0.15, 0.2) is 70.2 Å². The van der Waals surface area contributed by atoms with Crippen LogP contribution in [0.2, 0.25) is 0 Å². The van der Waals surface area contributed by atoms with Crippen LogP contribution in [0, 0.1) is 0 Å². The number of aromatic nitrogens is 4. The molecule has 4 rings (SSSR count). The van der Waals surface area contributed by atoms with Crippen LogP contribution in [0.4, 0.5) is 0 Å². The summed E-state index contributed by atoms with van der Waals surface area (Å²) in [6.07, 6.45) is 0. The van der Waals surface area contributed by atoms with Crippen LogP contribution in [-0.4, -0.2) is 31.9 Å². The van der Waals surface area contributed by atoms with Crippen LogP contribution in [-0.2, 0) is 11.3 Å². The summed E-state index contributed by atoms with van der Waals surface area (Å²) in [4.78, 5) is 12.4. The number of thioether (sulfide) groups is 1. The fourth-order valence-electron chi connectivity index (χ4n) is 2.86. The van der Waals surface area contributed by atoms with E-state index in [0.29, 0.717) is 11.7 Å². The Morgan fingerprint density at radius 1 is 1.18 bits per heavy atom. The van der Waals surface area contributed by atoms with Gasteiger partial charge in [0, 0.05) is 5.39 Å². The van der Waals surface area contributed by atoms with Gasteiger partial charge in [-0.2, -0.15) is 0 Å². The second kappa shape index (κ2) is 8.26. The number of carbonyl (C=O) groups is 1. The summed E-state index contributed by atoms with van der Waals surface area (Å²) < 4.78 is 7.50. The lowest BCUT2D eigenvalue weighted by molar-refractivity contribution is -0.119. The Bertz CT molecular complexity index is 1040. The number of rotatable bonds is 7. The highest BCUT2D eigenvalue weighted by Gasteiger charge is 2.16. The molecule has 1 N–H and O–H groups in total. The third-order valence-corrected chi connectivity index (χ3v) is 5.21. The molecular weight excluding hydrogens is 374 g/mol. The van der Waals surface area contributed by atoms with Gasteiger partial charge in [0.05, 0.1) is 18.3 Å². The normalized spacial score (nSPS) is 12.2. The van der Waals surface area contributed by atoms with Crippen molar-refractivity contribution in [3.05, 3.63) is 72.0 Å². The Balaban J connectivity index is 1.34. The zero-order chi connectivity index (χ0) is 19.3. The first-order chi connectivity index (χ1) is 13.7. The lowest BCUT2D eigenvalue weighted by Crippen LogP contribution is -2.28. The van der Waals surface area contributed by atoms with Gasteiger partial charge in [0.1, 0.15) is 11.3 Å². The maximum Gasteiger partial charge on any atom is 0.231 e. The molecular formula is C20H19N5O2S. The van der Waals surface area contributed by atoms with Crippen LogP contribution in [0.1, 0.15) is 24.3 Å². The third kappa shape index (κ3) is 4.23. The molecule has 0 saturated heterocycles. The molecule has 1 unspecified atom stereocenters. The van der Waals surface area contributed by atoms with Gasteiger partial charge in [0.25, 0.3) is 0 Å². The third-order valence-electron chi connectivity index (χ3n) is 4.26. The number of carbonyl (C=O) groups excluding carboxylic acids is 1. The summed E-state index contributed by atoms with van der Waals surface area (Å²) in [7, 11) is 0. The Morgan fingerprint density at radius 3 is 2.79 bits per heavy atom. The molecule has 4 aromatic rings. The highest BCUT2D eigenvalue weighted by atomic mass is 32.2. The van der Waals surface area contributed by atoms with Gasteiger partial charge >= 0.3 is 0 Å². The molecule has 0 radical (unpaired) electrons. The van der Waals surface area contributed by atoms with Gasteiger partial charge in [-0.1, -0.05) is 60.3 Å². The van der Waals surface area contributed by atoms with E-state index in [9.17, 15) is 4.79 Å². The van der Waals surface area contributed by atoms with Crippen LogP contribution < -0.4 is 5.32 Å². The minimum absolute atomic E-state index is 0.104. The minimum Gasteiger partial charge on any atom is -0.459 e. The number of para-hydroxylation sites is 1. The molecule has 2 heterocycles. The topological polar surface area (TPSA) is 85.8 Å². The lowest BCUT2D eigenvalue weighted by atomic mass is 10.2. The van der Waals surface area contributed by atoms with Crippen molar-refractivity contribution in [2.24, 2.45) is 0 Å². The molecule has 0 aliphatic carbocycles. The highest BCUT2D eigenvalue weighted by molar-refractivity contribution is 7.99. The zero-order valence-corrected chi connectivity index (χ0v) is 16.1. The molecule has 0 aliphatic rings. The van der Waals surface area contributed by atoms with E-state index >= 15 is 0 Å². The molecule has 8 heteroatoms. The predicted octanol–water partition coefficient (Wildman–Crippen LogP) is 3.44. The Hall–Kier alpha value is -3.13. The van der Waals surface area contributed by atoms with Crippen LogP contribution in [0.3, 0.4) is 0 Å². The number of fused-ring (bicyclic) bond motifs is 1. The number of nitrogens with zero attached hydrogens (tertiary/aromatic N) is 4. The van der Waals surface area contributed by atoms with Crippen molar-refractivity contribution >= 4 is 28.6 Å². The second-order valence-electron chi connectivity index (χ2n) is 6.37. The highest BCUT2D eigenvalue weighted by Crippen LogP contribution is 2.24. The Morgan fingerprint density at radius 2 is 1.96 bits per heavy atom. The molecule has 0 fully saturated rings. The first-order valence-electron chi connectivity index (χ1n) is 8.90. The van der Waals surface area contributed by atoms with E-state index in [0.717, 1.165) is 22.3 Å². The van der Waals surface area contributed by atoms with E-state index in [1.165, 1.54) is 11.8 Å². The quantitative estimate of drug-likeness (QED) is 0.484. The summed E-state index contributed by atoms with van der Waals surface area (Å²) in [6, 6.07) is 19.4. The molecule has 7 nitrogen and oxygen atoms in total. The molecule has 2 aromatic carbocycles. The number of hydrogen-bond acceptors (Lipinski definition) is 6. The SMILES string of the molecule is CC(NC(=O)CSc1nnnn1Cc1ccccc1)c1cc2ccccc2o1. The maximum absolute atomic E-state index is 12.4. The van der Waals surface area contributed by atoms with Crippen molar-refractivity contribution in [3.63, 3.8) is 0 Å². The van der Waals surface area contributed by atoms with Crippen molar-refractivity contribution in [3.8, 4) is 0 Å². The summed E-state index contributed by atoms with van der Waals surface area (Å²) in [5.74, 6) is 0.848. The average Bonchev–Trinajstić information content (AvgIpc) is 3.34. The molecule has 0 bridgehead atoms. The van der Waals surface area contributed by atoms with Crippen molar-refractivity contribution in [1.29, 1.82) is 0 Å². The van der Waals surface area contributed by atoms with Gasteiger partial charge in [-0.15, -0.1) is 5.10 Å². The Labute approximate surface area is 166 Å². The van der Waals surface area contributed by atoms with Gasteiger partial charge in [-0.05, 0) is 35.0 Å². The molecule has 2 aromatic heterocycles. The van der Waals surface area contributed by atoms with Crippen molar-refractivity contribution in [1.82, 2.24) is 25.5 Å². The molecule has 28 heavy (non-hydrogen) atoms. The van der Waals surface area contributed by atoms with Crippen LogP contribution >= 0.6 is 11.8 Å². The predicted molar refractivity (Wildman–Crippen MR) is 107 cm³/mol. The smallest absolute Gasteiger partial charge is 0.231 e. The number of nitrogens with one attached hydrogen (secondary N) is 1. The van der Waals surface area contributed by atoms with E-state index in [4.69, 9.17) is 4.42 Å². The van der Waals surface area contributed by atoms with E-state index in [1.54, 1.807) is 4.68 Å². The van der Waals surface area contributed by atoms with Gasteiger partial charge in [-0.3, -0.25) is 4.79 Å². The second-order valence-corrected chi connectivity index (χ2v) is 7.31. The largest absolute Gasteiger partial charge is 0.459 e. The first kappa shape index (κ1) is 18.2. The van der Waals surface area contributed by atoms with Crippen LogP contribution in [0.25, 0.3) is 11.0 Å². The van der Waals surface area contributed by atoms with Crippen molar-refractivity contribution in [2.45, 2.75) is 24.7 Å². The van der Waals surface area contributed by atoms with Gasteiger partial charge in [0.2, 0.25) is 11.1 Å². The lowest BCUT2D eigenvalue weighted by Gasteiger charge is -2.11. The fraction of sp³-hybridized carbons (Fsp3) is 0.200. The van der Waals surface area contributed by atoms with Gasteiger partial charge < -0.3 is 9.73 Å². The number of furan rings is 1. The number of tetrazole rings is 1. The number of amides is 1. The van der Waals surface area contributed by atoms with E-state index < -0.39 is 0 Å². The minimum atomic E-state index is -0.221. The monoisotopic (exact) mass is 393 g/mol. The molecule has 0 aliphatic heterocycles. The summed E-state index contributed by atoms with van der Waals surface area (Å²) in [5.41, 5.74) is 1.91. The molecule has 1 amide bonds. The van der Waals surface area contributed by atoms with Crippen molar-refractivity contribution in [2.75, 3.05) is 5.75 Å². The van der Waals surface area contributed by atoms with Gasteiger partial charge in [0.15, 0.2) is 0 Å². The summed E-state index contributed by atoms with van der Waals surface area (Å²) in [6.45, 7) is 2.47. The molecule has 0 spiro atoms. The van der Waals surface area contributed by atoms with Crippen molar-refractivity contribution < 1.29 is 9.21 Å². The molecule has 1 atom stereocenters. The van der Waals surface area contributed by atoms with Gasteiger partial charge in [-0.25, -0.2) is 4.68 Å². The average molecular weight is 393 g/mol. The summed E-state index contributed by atoms with van der Waals surface area (Å²) >= 11 is 1.31. The standard InChI is InChI=1S/C20H19N5O2S/c1-14(18-11-16-9-5-6-10-17(16)27-18)21-19(26)13-28-20-22-23-24-25(20)12-15-7-3-2-4-8-15/h2-11,14H,12-13H2,1H3,(H,21,26). The first-order valence-corrected chi connectivity index (χ1v) is 9.88. The van der Waals surface area contributed by atoms with E-state index in [-0.39, 0.29) is 17.7 Å².